The summed E-state index contributed by atoms with van der Waals surface area (Å²) >= 11 is 0. The first kappa shape index (κ1) is 10.2. The highest BCUT2D eigenvalue weighted by Crippen LogP contribution is 2.08. The zero-order valence-electron chi connectivity index (χ0n) is 7.69. The smallest absolute Gasteiger partial charge is 0.296 e. The van der Waals surface area contributed by atoms with Crippen LogP contribution in [0.25, 0.3) is 0 Å². The highest BCUT2D eigenvalue weighted by Gasteiger charge is 2.08. The number of nitrogens with zero attached hydrogens (tertiary/aromatic N) is 1. The second-order valence-electron chi connectivity index (χ2n) is 2.91. The van der Waals surface area contributed by atoms with Crippen LogP contribution in [0.4, 0.5) is 5.69 Å². The molecule has 5 nitrogen and oxygen atoms in total. The summed E-state index contributed by atoms with van der Waals surface area (Å²) in [5.74, 6) is -0.611. The molecular weight excluding hydrogens is 184 g/mol. The van der Waals surface area contributed by atoms with Gasteiger partial charge >= 0.3 is 0 Å². The molecule has 0 bridgehead atoms. The zero-order valence-corrected chi connectivity index (χ0v) is 7.69. The normalized spacial score (nSPS) is 9.50. The van der Waals surface area contributed by atoms with Crippen molar-refractivity contribution in [3.8, 4) is 0 Å². The molecule has 0 heterocycles. The summed E-state index contributed by atoms with van der Waals surface area (Å²) < 4.78 is 0. The number of aryl methyl sites for hydroxylation is 1. The van der Waals surface area contributed by atoms with Crippen molar-refractivity contribution in [2.45, 2.75) is 6.92 Å². The van der Waals surface area contributed by atoms with Crippen LogP contribution in [0.3, 0.4) is 0 Å². The van der Waals surface area contributed by atoms with Gasteiger partial charge in [0.15, 0.2) is 0 Å². The summed E-state index contributed by atoms with van der Waals surface area (Å²) in [6.07, 6.45) is 0. The zero-order chi connectivity index (χ0) is 10.6. The molecule has 1 N–H and O–H groups in total. The van der Waals surface area contributed by atoms with Crippen molar-refractivity contribution in [2.24, 2.45) is 0 Å². The van der Waals surface area contributed by atoms with E-state index in [1.54, 1.807) is 18.2 Å². The van der Waals surface area contributed by atoms with Gasteiger partial charge in [0.25, 0.3) is 12.5 Å². The molecule has 74 valence electrons. The lowest BCUT2D eigenvalue weighted by molar-refractivity contribution is -0.467. The van der Waals surface area contributed by atoms with Crippen LogP contribution in [0.15, 0.2) is 24.3 Å². The van der Waals surface area contributed by atoms with Crippen molar-refractivity contribution in [1.82, 2.24) is 0 Å². The summed E-state index contributed by atoms with van der Waals surface area (Å²) in [6, 6.07) is 7.09. The van der Waals surface area contributed by atoms with E-state index in [0.29, 0.717) is 5.69 Å². The van der Waals surface area contributed by atoms with E-state index >= 15 is 0 Å². The van der Waals surface area contributed by atoms with Crippen molar-refractivity contribution >= 4 is 11.6 Å². The Morgan fingerprint density at radius 3 is 2.86 bits per heavy atom. The van der Waals surface area contributed by atoms with Gasteiger partial charge < -0.3 is 5.32 Å². The molecule has 0 aliphatic rings. The van der Waals surface area contributed by atoms with Crippen LogP contribution < -0.4 is 5.32 Å². The second-order valence-corrected chi connectivity index (χ2v) is 2.91. The van der Waals surface area contributed by atoms with Crippen LogP contribution in [0, 0.1) is 17.0 Å². The van der Waals surface area contributed by atoms with E-state index in [1.807, 2.05) is 13.0 Å². The topological polar surface area (TPSA) is 72.2 Å². The maximum absolute atomic E-state index is 11.0. The molecule has 0 fully saturated rings. The van der Waals surface area contributed by atoms with E-state index in [9.17, 15) is 14.9 Å². The van der Waals surface area contributed by atoms with Crippen LogP contribution in [-0.2, 0) is 4.79 Å². The number of carbonyl (C=O) groups is 1. The largest absolute Gasteiger partial charge is 0.320 e. The molecule has 14 heavy (non-hydrogen) atoms. The van der Waals surface area contributed by atoms with Gasteiger partial charge in [0.1, 0.15) is 0 Å². The molecule has 0 atom stereocenters. The van der Waals surface area contributed by atoms with Gasteiger partial charge in [0, 0.05) is 10.6 Å². The third kappa shape index (κ3) is 3.22. The molecule has 0 radical (unpaired) electrons. The number of carbonyl (C=O) groups excluding carboxylic acids is 1. The molecule has 1 rings (SSSR count). The van der Waals surface area contributed by atoms with Crippen LogP contribution in [0.5, 0.6) is 0 Å². The number of nitrogens with one attached hydrogen (secondary N) is 1. The van der Waals surface area contributed by atoms with Gasteiger partial charge in [-0.3, -0.25) is 14.9 Å². The Morgan fingerprint density at radius 2 is 2.29 bits per heavy atom. The van der Waals surface area contributed by atoms with Crippen molar-refractivity contribution < 1.29 is 9.72 Å². The average molecular weight is 194 g/mol. The fourth-order valence-electron chi connectivity index (χ4n) is 1.04. The minimum atomic E-state index is -0.700. The van der Waals surface area contributed by atoms with Gasteiger partial charge in [-0.05, 0) is 24.6 Å². The molecule has 1 aromatic carbocycles. The molecule has 5 heteroatoms. The Bertz CT molecular complexity index is 363. The third-order valence-electron chi connectivity index (χ3n) is 1.57. The minimum Gasteiger partial charge on any atom is -0.320 e. The van der Waals surface area contributed by atoms with E-state index in [1.165, 1.54) is 0 Å². The molecule has 0 spiro atoms. The van der Waals surface area contributed by atoms with E-state index in [-0.39, 0.29) is 0 Å². The number of hydrogen-bond acceptors (Lipinski definition) is 3. The average Bonchev–Trinajstić information content (AvgIpc) is 2.01. The summed E-state index contributed by atoms with van der Waals surface area (Å²) in [5, 5.41) is 12.4. The summed E-state index contributed by atoms with van der Waals surface area (Å²) in [7, 11) is 0. The Labute approximate surface area is 80.9 Å². The summed E-state index contributed by atoms with van der Waals surface area (Å²) in [6.45, 7) is 1.18. The predicted molar refractivity (Wildman–Crippen MR) is 51.7 cm³/mol. The van der Waals surface area contributed by atoms with E-state index < -0.39 is 17.4 Å². The van der Waals surface area contributed by atoms with Gasteiger partial charge in [-0.15, -0.1) is 0 Å². The Kier molecular flexibility index (Phi) is 3.17. The number of amides is 1. The lowest BCUT2D eigenvalue weighted by atomic mass is 10.2. The van der Waals surface area contributed by atoms with Gasteiger partial charge in [-0.1, -0.05) is 12.1 Å². The summed E-state index contributed by atoms with van der Waals surface area (Å²) in [5.41, 5.74) is 1.57. The molecule has 1 aromatic rings. The second kappa shape index (κ2) is 4.36. The van der Waals surface area contributed by atoms with Gasteiger partial charge in [0.05, 0.1) is 0 Å². The molecule has 1 amide bonds. The van der Waals surface area contributed by atoms with E-state index in [4.69, 9.17) is 0 Å². The maximum atomic E-state index is 11.0. The Morgan fingerprint density at radius 1 is 1.57 bits per heavy atom. The lowest BCUT2D eigenvalue weighted by Gasteiger charge is -2.02. The monoisotopic (exact) mass is 194 g/mol. The van der Waals surface area contributed by atoms with Gasteiger partial charge in [-0.25, -0.2) is 0 Å². The Balaban J connectivity index is 2.60. The lowest BCUT2D eigenvalue weighted by Crippen LogP contribution is -2.21. The number of nitro groups is 1. The van der Waals surface area contributed by atoms with Crippen LogP contribution in [0.2, 0.25) is 0 Å². The standard InChI is InChI=1S/C9H10N2O3/c1-7-3-2-4-8(5-7)10-9(12)6-11(13)14/h2-5H,6H2,1H3,(H,10,12). The third-order valence-corrected chi connectivity index (χ3v) is 1.57. The predicted octanol–water partition coefficient (Wildman–Crippen LogP) is 1.21. The van der Waals surface area contributed by atoms with Gasteiger partial charge in [0.2, 0.25) is 0 Å². The van der Waals surface area contributed by atoms with Crippen molar-refractivity contribution in [2.75, 3.05) is 11.9 Å². The molecule has 0 aliphatic heterocycles. The van der Waals surface area contributed by atoms with Crippen molar-refractivity contribution in [1.29, 1.82) is 0 Å². The first-order valence-corrected chi connectivity index (χ1v) is 4.06. The summed E-state index contributed by atoms with van der Waals surface area (Å²) in [4.78, 5) is 20.3. The number of hydrogen-bond donors (Lipinski definition) is 1. The number of anilines is 1. The van der Waals surface area contributed by atoms with Crippen molar-refractivity contribution in [3.63, 3.8) is 0 Å². The highest BCUT2D eigenvalue weighted by atomic mass is 16.6. The Hall–Kier alpha value is -1.91. The van der Waals surface area contributed by atoms with E-state index in [0.717, 1.165) is 5.56 Å². The van der Waals surface area contributed by atoms with Crippen LogP contribution in [-0.4, -0.2) is 17.4 Å². The number of benzene rings is 1. The first-order chi connectivity index (χ1) is 6.58. The van der Waals surface area contributed by atoms with Gasteiger partial charge in [-0.2, -0.15) is 0 Å². The molecule has 0 unspecified atom stereocenters. The molecular formula is C9H10N2O3. The fraction of sp³-hybridized carbons (Fsp3) is 0.222. The number of rotatable bonds is 3. The highest BCUT2D eigenvalue weighted by molar-refractivity contribution is 5.91. The molecule has 0 aromatic heterocycles. The molecule has 0 aliphatic carbocycles. The molecule has 0 saturated carbocycles. The molecule has 0 saturated heterocycles. The maximum Gasteiger partial charge on any atom is 0.296 e. The van der Waals surface area contributed by atoms with E-state index in [2.05, 4.69) is 5.32 Å². The van der Waals surface area contributed by atoms with Crippen LogP contribution in [0.1, 0.15) is 5.56 Å². The SMILES string of the molecule is Cc1cccc(NC(=O)C[N+](=O)[O-])c1. The fourth-order valence-corrected chi connectivity index (χ4v) is 1.04. The first-order valence-electron chi connectivity index (χ1n) is 4.06. The quantitative estimate of drug-likeness (QED) is 0.580. The van der Waals surface area contributed by atoms with Crippen molar-refractivity contribution in [3.05, 3.63) is 39.9 Å². The minimum absolute atomic E-state index is 0.580. The van der Waals surface area contributed by atoms with Crippen LogP contribution >= 0.6 is 0 Å².